The van der Waals surface area contributed by atoms with E-state index in [1.807, 2.05) is 12.1 Å². The summed E-state index contributed by atoms with van der Waals surface area (Å²) in [6.07, 6.45) is 0.582. The first-order valence-corrected chi connectivity index (χ1v) is 8.78. The second-order valence-electron chi connectivity index (χ2n) is 6.70. The van der Waals surface area contributed by atoms with Gasteiger partial charge in [-0.3, -0.25) is 14.5 Å². The average Bonchev–Trinajstić information content (AvgIpc) is 3.28. The fourth-order valence-corrected chi connectivity index (χ4v) is 3.57. The molecule has 0 saturated carbocycles. The highest BCUT2D eigenvalue weighted by molar-refractivity contribution is 6.02. The van der Waals surface area contributed by atoms with Crippen LogP contribution in [0.5, 0.6) is 0 Å². The number of carbonyl (C=O) groups is 3. The van der Waals surface area contributed by atoms with Crippen LogP contribution >= 0.6 is 0 Å². The molecule has 4 rings (SSSR count). The predicted molar refractivity (Wildman–Crippen MR) is 96.4 cm³/mol. The molecule has 27 heavy (non-hydrogen) atoms. The Hall–Kier alpha value is -3.22. The van der Waals surface area contributed by atoms with Gasteiger partial charge in [0.15, 0.2) is 0 Å². The van der Waals surface area contributed by atoms with Crippen LogP contribution in [-0.4, -0.2) is 53.3 Å². The van der Waals surface area contributed by atoms with E-state index in [1.54, 1.807) is 29.2 Å². The van der Waals surface area contributed by atoms with Crippen LogP contribution < -0.4 is 5.32 Å². The summed E-state index contributed by atoms with van der Waals surface area (Å²) in [5.74, 6) is -0.669. The molecular weight excluding hydrogens is 349 g/mol. The van der Waals surface area contributed by atoms with Gasteiger partial charge in [-0.25, -0.2) is 9.18 Å². The summed E-state index contributed by atoms with van der Waals surface area (Å²) in [7, 11) is 0. The smallest absolute Gasteiger partial charge is 0.324 e. The van der Waals surface area contributed by atoms with Crippen molar-refractivity contribution in [3.8, 4) is 11.1 Å². The van der Waals surface area contributed by atoms with Crippen molar-refractivity contribution in [3.63, 3.8) is 0 Å². The second-order valence-corrected chi connectivity index (χ2v) is 6.70. The van der Waals surface area contributed by atoms with Crippen LogP contribution in [0.15, 0.2) is 48.5 Å². The molecule has 2 aliphatic rings. The fraction of sp³-hybridized carbons (Fsp3) is 0.250. The molecular formula is C20H18FN3O3. The number of amides is 4. The number of urea groups is 1. The van der Waals surface area contributed by atoms with Gasteiger partial charge >= 0.3 is 6.03 Å². The topological polar surface area (TPSA) is 69.7 Å². The minimum absolute atomic E-state index is 0.0220. The third kappa shape index (κ3) is 3.28. The number of nitrogens with zero attached hydrogens (tertiary/aromatic N) is 2. The molecule has 0 aliphatic carbocycles. The molecule has 2 aromatic rings. The third-order valence-electron chi connectivity index (χ3n) is 5.00. The van der Waals surface area contributed by atoms with Gasteiger partial charge in [-0.2, -0.15) is 0 Å². The SMILES string of the molecule is O=C(c1ccc(-c2ccc(F)cc2)cc1)N1CCC(N2C(=O)CNC2=O)C1. The van der Waals surface area contributed by atoms with E-state index < -0.39 is 0 Å². The monoisotopic (exact) mass is 367 g/mol. The minimum Gasteiger partial charge on any atom is -0.336 e. The van der Waals surface area contributed by atoms with Crippen molar-refractivity contribution in [1.29, 1.82) is 0 Å². The quantitative estimate of drug-likeness (QED) is 0.846. The normalized spacial score (nSPS) is 19.5. The Labute approximate surface area is 155 Å². The maximum atomic E-state index is 13.0. The van der Waals surface area contributed by atoms with Gasteiger partial charge in [0.05, 0.1) is 12.6 Å². The molecule has 1 unspecified atom stereocenters. The van der Waals surface area contributed by atoms with Crippen molar-refractivity contribution < 1.29 is 18.8 Å². The average molecular weight is 367 g/mol. The number of carbonyl (C=O) groups excluding carboxylic acids is 3. The lowest BCUT2D eigenvalue weighted by Crippen LogP contribution is -2.42. The third-order valence-corrected chi connectivity index (χ3v) is 5.00. The summed E-state index contributed by atoms with van der Waals surface area (Å²) in [5, 5.41) is 2.51. The molecule has 2 fully saturated rings. The number of benzene rings is 2. The summed E-state index contributed by atoms with van der Waals surface area (Å²) in [5.41, 5.74) is 2.30. The summed E-state index contributed by atoms with van der Waals surface area (Å²) in [6, 6.07) is 12.6. The zero-order valence-electron chi connectivity index (χ0n) is 14.5. The van der Waals surface area contributed by atoms with Crippen LogP contribution in [0.3, 0.4) is 0 Å². The Kier molecular flexibility index (Phi) is 4.35. The Morgan fingerprint density at radius 3 is 2.22 bits per heavy atom. The molecule has 6 nitrogen and oxygen atoms in total. The van der Waals surface area contributed by atoms with Gasteiger partial charge < -0.3 is 10.2 Å². The van der Waals surface area contributed by atoms with Gasteiger partial charge in [0.1, 0.15) is 5.82 Å². The number of halogens is 1. The lowest BCUT2D eigenvalue weighted by molar-refractivity contribution is -0.126. The van der Waals surface area contributed by atoms with E-state index >= 15 is 0 Å². The molecule has 0 spiro atoms. The standard InChI is InChI=1S/C20H18FN3O3/c21-16-7-5-14(6-8-16)13-1-3-15(4-2-13)19(26)23-10-9-17(12-23)24-18(25)11-22-20(24)27/h1-8,17H,9-12H2,(H,22,27). The summed E-state index contributed by atoms with van der Waals surface area (Å²) in [6.45, 7) is 0.867. The van der Waals surface area contributed by atoms with Gasteiger partial charge in [0.25, 0.3) is 5.91 Å². The van der Waals surface area contributed by atoms with E-state index in [1.165, 1.54) is 17.0 Å². The van der Waals surface area contributed by atoms with Gasteiger partial charge in [-0.1, -0.05) is 24.3 Å². The highest BCUT2D eigenvalue weighted by Gasteiger charge is 2.39. The maximum Gasteiger partial charge on any atom is 0.324 e. The lowest BCUT2D eigenvalue weighted by atomic mass is 10.0. The molecule has 0 aromatic heterocycles. The van der Waals surface area contributed by atoms with Crippen molar-refractivity contribution in [1.82, 2.24) is 15.1 Å². The number of nitrogens with one attached hydrogen (secondary N) is 1. The van der Waals surface area contributed by atoms with Gasteiger partial charge in [0, 0.05) is 18.7 Å². The van der Waals surface area contributed by atoms with E-state index in [9.17, 15) is 18.8 Å². The number of imide groups is 1. The van der Waals surface area contributed by atoms with Crippen molar-refractivity contribution >= 4 is 17.8 Å². The summed E-state index contributed by atoms with van der Waals surface area (Å²) in [4.78, 5) is 39.2. The zero-order chi connectivity index (χ0) is 19.0. The first kappa shape index (κ1) is 17.2. The molecule has 2 saturated heterocycles. The zero-order valence-corrected chi connectivity index (χ0v) is 14.5. The first-order chi connectivity index (χ1) is 13.0. The molecule has 2 aromatic carbocycles. The second kappa shape index (κ2) is 6.83. The molecule has 1 N–H and O–H groups in total. The van der Waals surface area contributed by atoms with E-state index in [0.29, 0.717) is 25.1 Å². The van der Waals surface area contributed by atoms with Crippen molar-refractivity contribution in [3.05, 3.63) is 59.9 Å². The minimum atomic E-state index is -0.386. The molecule has 0 bridgehead atoms. The maximum absolute atomic E-state index is 13.0. The highest BCUT2D eigenvalue weighted by Crippen LogP contribution is 2.23. The molecule has 2 heterocycles. The molecule has 1 atom stereocenters. The molecule has 7 heteroatoms. The van der Waals surface area contributed by atoms with Gasteiger partial charge in [-0.15, -0.1) is 0 Å². The predicted octanol–water partition coefficient (Wildman–Crippen LogP) is 2.26. The Balaban J connectivity index is 1.45. The Morgan fingerprint density at radius 2 is 1.63 bits per heavy atom. The van der Waals surface area contributed by atoms with Gasteiger partial charge in [0.2, 0.25) is 5.91 Å². The van der Waals surface area contributed by atoms with E-state index in [4.69, 9.17) is 0 Å². The number of hydrogen-bond acceptors (Lipinski definition) is 3. The number of hydrogen-bond donors (Lipinski definition) is 1. The Morgan fingerprint density at radius 1 is 1.00 bits per heavy atom. The van der Waals surface area contributed by atoms with Gasteiger partial charge in [-0.05, 0) is 41.8 Å². The molecule has 138 valence electrons. The van der Waals surface area contributed by atoms with E-state index in [2.05, 4.69) is 5.32 Å². The lowest BCUT2D eigenvalue weighted by Gasteiger charge is -2.21. The number of rotatable bonds is 3. The summed E-state index contributed by atoms with van der Waals surface area (Å²) < 4.78 is 13.0. The Bertz CT molecular complexity index is 880. The molecule has 0 radical (unpaired) electrons. The van der Waals surface area contributed by atoms with Crippen LogP contribution in [0.4, 0.5) is 9.18 Å². The van der Waals surface area contributed by atoms with Crippen LogP contribution in [0.1, 0.15) is 16.8 Å². The van der Waals surface area contributed by atoms with Crippen LogP contribution in [0, 0.1) is 5.82 Å². The molecule has 4 amide bonds. The van der Waals surface area contributed by atoms with Crippen molar-refractivity contribution in [2.75, 3.05) is 19.6 Å². The first-order valence-electron chi connectivity index (χ1n) is 8.78. The molecule has 2 aliphatic heterocycles. The van der Waals surface area contributed by atoms with E-state index in [-0.39, 0.29) is 36.2 Å². The van der Waals surface area contributed by atoms with Crippen molar-refractivity contribution in [2.24, 2.45) is 0 Å². The number of likely N-dealkylation sites (tertiary alicyclic amines) is 1. The van der Waals surface area contributed by atoms with Crippen LogP contribution in [-0.2, 0) is 4.79 Å². The van der Waals surface area contributed by atoms with Crippen molar-refractivity contribution in [2.45, 2.75) is 12.5 Å². The summed E-state index contributed by atoms with van der Waals surface area (Å²) >= 11 is 0. The van der Waals surface area contributed by atoms with Crippen LogP contribution in [0.25, 0.3) is 11.1 Å². The largest absolute Gasteiger partial charge is 0.336 e. The van der Waals surface area contributed by atoms with Crippen LogP contribution in [0.2, 0.25) is 0 Å². The highest BCUT2D eigenvalue weighted by atomic mass is 19.1. The van der Waals surface area contributed by atoms with E-state index in [0.717, 1.165) is 11.1 Å². The fourth-order valence-electron chi connectivity index (χ4n) is 3.57.